The minimum absolute atomic E-state index is 0.161. The molecule has 1 fully saturated rings. The van der Waals surface area contributed by atoms with E-state index in [1.807, 2.05) is 24.9 Å². The van der Waals surface area contributed by atoms with E-state index < -0.39 is 0 Å². The molecule has 1 aliphatic heterocycles. The van der Waals surface area contributed by atoms with E-state index in [1.54, 1.807) is 16.8 Å². The molecule has 1 N–H and O–H groups in total. The van der Waals surface area contributed by atoms with E-state index in [0.29, 0.717) is 15.7 Å². The van der Waals surface area contributed by atoms with Crippen LogP contribution < -0.4 is 5.43 Å². The highest BCUT2D eigenvalue weighted by molar-refractivity contribution is 6.35. The zero-order valence-electron chi connectivity index (χ0n) is 14.5. The first-order valence-electron chi connectivity index (χ1n) is 8.61. The molecule has 5 nitrogen and oxygen atoms in total. The van der Waals surface area contributed by atoms with Gasteiger partial charge in [0, 0.05) is 29.4 Å². The van der Waals surface area contributed by atoms with Crippen LogP contribution in [-0.2, 0) is 6.42 Å². The number of halogens is 2. The van der Waals surface area contributed by atoms with Crippen molar-refractivity contribution in [3.8, 4) is 5.69 Å². The van der Waals surface area contributed by atoms with Crippen LogP contribution in [0.4, 0.5) is 0 Å². The smallest absolute Gasteiger partial charge is 0.283 e. The third-order valence-corrected chi connectivity index (χ3v) is 5.10. The number of hydrogen-bond acceptors (Lipinski definition) is 3. The molecule has 1 amide bonds. The van der Waals surface area contributed by atoms with E-state index in [0.717, 1.165) is 49.3 Å². The van der Waals surface area contributed by atoms with Crippen LogP contribution >= 0.6 is 23.2 Å². The predicted molar refractivity (Wildman–Crippen MR) is 101 cm³/mol. The predicted octanol–water partition coefficient (Wildman–Crippen LogP) is 4.18. The summed E-state index contributed by atoms with van der Waals surface area (Å²) in [6.07, 6.45) is 4.15. The van der Waals surface area contributed by atoms with Crippen LogP contribution in [0.15, 0.2) is 18.2 Å². The Kier molecular flexibility index (Phi) is 5.67. The summed E-state index contributed by atoms with van der Waals surface area (Å²) < 4.78 is 1.72. The number of carbonyl (C=O) groups is 1. The van der Waals surface area contributed by atoms with Crippen molar-refractivity contribution in [3.05, 3.63) is 45.2 Å². The summed E-state index contributed by atoms with van der Waals surface area (Å²) in [4.78, 5) is 12.7. The SMILES string of the molecule is CCc1c(C(=O)NN2CCCCC2)nn(-c2ccc(Cl)cc2Cl)c1C. The topological polar surface area (TPSA) is 50.2 Å². The van der Waals surface area contributed by atoms with Crippen molar-refractivity contribution in [2.75, 3.05) is 13.1 Å². The standard InChI is InChI=1S/C18H22Cl2N4O/c1-3-14-12(2)24(16-8-7-13(19)11-15(16)20)21-17(14)18(25)22-23-9-5-4-6-10-23/h7-8,11H,3-6,9-10H2,1-2H3,(H,22,25). The number of hydrazine groups is 1. The third-order valence-electron chi connectivity index (χ3n) is 4.56. The minimum atomic E-state index is -0.161. The molecule has 1 aromatic heterocycles. The van der Waals surface area contributed by atoms with Crippen LogP contribution in [0.3, 0.4) is 0 Å². The third kappa shape index (κ3) is 3.84. The molecular weight excluding hydrogens is 359 g/mol. The fourth-order valence-electron chi connectivity index (χ4n) is 3.23. The normalized spacial score (nSPS) is 15.4. The maximum atomic E-state index is 12.7. The van der Waals surface area contributed by atoms with Gasteiger partial charge in [0.05, 0.1) is 10.7 Å². The van der Waals surface area contributed by atoms with Crippen LogP contribution in [0.2, 0.25) is 10.0 Å². The van der Waals surface area contributed by atoms with E-state index >= 15 is 0 Å². The van der Waals surface area contributed by atoms with Crippen LogP contribution in [0.25, 0.3) is 5.69 Å². The fourth-order valence-corrected chi connectivity index (χ4v) is 3.72. The van der Waals surface area contributed by atoms with Gasteiger partial charge in [-0.05, 0) is 44.4 Å². The first-order valence-corrected chi connectivity index (χ1v) is 9.36. The Bertz CT molecular complexity index is 782. The van der Waals surface area contributed by atoms with E-state index in [9.17, 15) is 4.79 Å². The summed E-state index contributed by atoms with van der Waals surface area (Å²) in [7, 11) is 0. The number of nitrogens with zero attached hydrogens (tertiary/aromatic N) is 3. The number of aromatic nitrogens is 2. The molecule has 1 aromatic carbocycles. The van der Waals surface area contributed by atoms with Gasteiger partial charge in [-0.25, -0.2) is 9.69 Å². The summed E-state index contributed by atoms with van der Waals surface area (Å²) >= 11 is 12.3. The van der Waals surface area contributed by atoms with Crippen molar-refractivity contribution in [1.29, 1.82) is 0 Å². The number of benzene rings is 1. The van der Waals surface area contributed by atoms with Gasteiger partial charge in [0.2, 0.25) is 0 Å². The van der Waals surface area contributed by atoms with Gasteiger partial charge in [-0.3, -0.25) is 10.2 Å². The molecule has 0 unspecified atom stereocenters. The maximum Gasteiger partial charge on any atom is 0.286 e. The molecule has 2 aromatic rings. The summed E-state index contributed by atoms with van der Waals surface area (Å²) in [5.74, 6) is -0.161. The molecule has 0 aliphatic carbocycles. The number of carbonyl (C=O) groups excluding carboxylic acids is 1. The lowest BCUT2D eigenvalue weighted by molar-refractivity contribution is 0.0743. The Hall–Kier alpha value is -1.56. The first kappa shape index (κ1) is 18.2. The van der Waals surface area contributed by atoms with Gasteiger partial charge in [-0.2, -0.15) is 5.10 Å². The van der Waals surface area contributed by atoms with Gasteiger partial charge < -0.3 is 0 Å². The number of nitrogens with one attached hydrogen (secondary N) is 1. The number of rotatable bonds is 4. The molecule has 1 aliphatic rings. The second kappa shape index (κ2) is 7.77. The van der Waals surface area contributed by atoms with Crippen molar-refractivity contribution < 1.29 is 4.79 Å². The molecule has 0 saturated carbocycles. The monoisotopic (exact) mass is 380 g/mol. The van der Waals surface area contributed by atoms with Gasteiger partial charge in [-0.15, -0.1) is 0 Å². The van der Waals surface area contributed by atoms with Gasteiger partial charge >= 0.3 is 0 Å². The molecule has 134 valence electrons. The fraction of sp³-hybridized carbons (Fsp3) is 0.444. The van der Waals surface area contributed by atoms with Crippen molar-refractivity contribution >= 4 is 29.1 Å². The van der Waals surface area contributed by atoms with E-state index in [1.165, 1.54) is 6.42 Å². The Morgan fingerprint density at radius 2 is 1.96 bits per heavy atom. The summed E-state index contributed by atoms with van der Waals surface area (Å²) in [5.41, 5.74) is 6.01. The van der Waals surface area contributed by atoms with Gasteiger partial charge in [-0.1, -0.05) is 36.5 Å². The van der Waals surface area contributed by atoms with Crippen LogP contribution in [0, 0.1) is 6.92 Å². The Labute approximate surface area is 157 Å². The second-order valence-corrected chi connectivity index (χ2v) is 7.11. The zero-order chi connectivity index (χ0) is 18.0. The molecule has 0 radical (unpaired) electrons. The highest BCUT2D eigenvalue weighted by Crippen LogP contribution is 2.27. The van der Waals surface area contributed by atoms with Gasteiger partial charge in [0.25, 0.3) is 5.91 Å². The average molecular weight is 381 g/mol. The molecule has 0 atom stereocenters. The molecule has 2 heterocycles. The highest BCUT2D eigenvalue weighted by Gasteiger charge is 2.23. The second-order valence-electron chi connectivity index (χ2n) is 6.26. The molecule has 0 bridgehead atoms. The Morgan fingerprint density at radius 3 is 2.60 bits per heavy atom. The van der Waals surface area contributed by atoms with Crippen LogP contribution in [-0.4, -0.2) is 33.8 Å². The van der Waals surface area contributed by atoms with Crippen LogP contribution in [0.1, 0.15) is 47.9 Å². The van der Waals surface area contributed by atoms with Gasteiger partial charge in [0.15, 0.2) is 5.69 Å². The minimum Gasteiger partial charge on any atom is -0.283 e. The quantitative estimate of drug-likeness (QED) is 0.865. The van der Waals surface area contributed by atoms with E-state index in [2.05, 4.69) is 10.5 Å². The highest BCUT2D eigenvalue weighted by atomic mass is 35.5. The molecule has 7 heteroatoms. The van der Waals surface area contributed by atoms with E-state index in [4.69, 9.17) is 23.2 Å². The summed E-state index contributed by atoms with van der Waals surface area (Å²) in [5, 5.41) is 7.61. The molecule has 3 rings (SSSR count). The van der Waals surface area contributed by atoms with Crippen molar-refractivity contribution in [2.24, 2.45) is 0 Å². The van der Waals surface area contributed by atoms with Crippen LogP contribution in [0.5, 0.6) is 0 Å². The number of piperidine rings is 1. The molecule has 0 spiro atoms. The summed E-state index contributed by atoms with van der Waals surface area (Å²) in [6, 6.07) is 5.26. The zero-order valence-corrected chi connectivity index (χ0v) is 16.0. The van der Waals surface area contributed by atoms with Crippen molar-refractivity contribution in [3.63, 3.8) is 0 Å². The van der Waals surface area contributed by atoms with E-state index in [-0.39, 0.29) is 5.91 Å². The molecule has 25 heavy (non-hydrogen) atoms. The Morgan fingerprint density at radius 1 is 1.24 bits per heavy atom. The van der Waals surface area contributed by atoms with Crippen molar-refractivity contribution in [1.82, 2.24) is 20.2 Å². The molecular formula is C18H22Cl2N4O. The average Bonchev–Trinajstić information content (AvgIpc) is 2.92. The maximum absolute atomic E-state index is 12.7. The lowest BCUT2D eigenvalue weighted by Gasteiger charge is -2.26. The largest absolute Gasteiger partial charge is 0.286 e. The number of amides is 1. The van der Waals surface area contributed by atoms with Gasteiger partial charge in [0.1, 0.15) is 0 Å². The summed E-state index contributed by atoms with van der Waals surface area (Å²) in [6.45, 7) is 5.75. The Balaban J connectivity index is 1.93. The number of hydrogen-bond donors (Lipinski definition) is 1. The lowest BCUT2D eigenvalue weighted by Crippen LogP contribution is -2.45. The lowest BCUT2D eigenvalue weighted by atomic mass is 10.1. The van der Waals surface area contributed by atoms with Crippen molar-refractivity contribution in [2.45, 2.75) is 39.5 Å². The molecule has 1 saturated heterocycles. The first-order chi connectivity index (χ1) is 12.0.